The molecular weight excluding hydrogens is 318 g/mol. The molecular formula is C16H17NO3S2. The minimum atomic E-state index is -0.810. The smallest absolute Gasteiger partial charge is 0.316 e. The number of benzene rings is 1. The molecule has 1 N–H and O–H groups in total. The Kier molecular flexibility index (Phi) is 6.48. The topological polar surface area (TPSA) is 55.4 Å². The average molecular weight is 335 g/mol. The largest absolute Gasteiger partial charge is 0.452 e. The van der Waals surface area contributed by atoms with E-state index in [-0.39, 0.29) is 17.6 Å². The van der Waals surface area contributed by atoms with Crippen LogP contribution in [0, 0.1) is 0 Å². The van der Waals surface area contributed by atoms with Gasteiger partial charge in [-0.1, -0.05) is 24.3 Å². The molecule has 0 aliphatic heterocycles. The summed E-state index contributed by atoms with van der Waals surface area (Å²) in [6, 6.07) is 13.1. The van der Waals surface area contributed by atoms with Crippen molar-refractivity contribution in [2.75, 3.05) is 11.1 Å². The third-order valence-corrected chi connectivity index (χ3v) is 4.78. The van der Waals surface area contributed by atoms with Gasteiger partial charge in [0, 0.05) is 16.3 Å². The van der Waals surface area contributed by atoms with E-state index >= 15 is 0 Å². The fraction of sp³-hybridized carbons (Fsp3) is 0.250. The number of anilines is 1. The maximum absolute atomic E-state index is 11.9. The third-order valence-electron chi connectivity index (χ3n) is 2.76. The van der Waals surface area contributed by atoms with Crippen molar-refractivity contribution in [3.8, 4) is 0 Å². The van der Waals surface area contributed by atoms with Gasteiger partial charge in [-0.25, -0.2) is 0 Å². The number of thiophene rings is 1. The summed E-state index contributed by atoms with van der Waals surface area (Å²) in [7, 11) is 0. The van der Waals surface area contributed by atoms with E-state index in [2.05, 4.69) is 5.32 Å². The molecule has 1 aromatic carbocycles. The summed E-state index contributed by atoms with van der Waals surface area (Å²) in [6.45, 7) is 1.57. The lowest BCUT2D eigenvalue weighted by atomic mass is 10.3. The highest BCUT2D eigenvalue weighted by atomic mass is 32.2. The Morgan fingerprint density at radius 3 is 2.68 bits per heavy atom. The summed E-state index contributed by atoms with van der Waals surface area (Å²) in [4.78, 5) is 24.8. The number of ether oxygens (including phenoxy) is 1. The van der Waals surface area contributed by atoms with Crippen LogP contribution in [0.25, 0.3) is 0 Å². The first-order valence-corrected chi connectivity index (χ1v) is 8.84. The molecule has 0 saturated heterocycles. The Labute approximate surface area is 137 Å². The molecule has 0 aliphatic carbocycles. The molecule has 22 heavy (non-hydrogen) atoms. The van der Waals surface area contributed by atoms with Gasteiger partial charge in [-0.05, 0) is 30.5 Å². The number of carbonyl (C=O) groups is 2. The van der Waals surface area contributed by atoms with Gasteiger partial charge in [0.15, 0.2) is 6.10 Å². The number of amides is 1. The van der Waals surface area contributed by atoms with Crippen molar-refractivity contribution < 1.29 is 14.3 Å². The lowest BCUT2D eigenvalue weighted by Gasteiger charge is -2.13. The van der Waals surface area contributed by atoms with Crippen molar-refractivity contribution in [1.82, 2.24) is 0 Å². The van der Waals surface area contributed by atoms with E-state index in [0.29, 0.717) is 5.69 Å². The molecule has 0 bridgehead atoms. The number of nitrogens with one attached hydrogen (secondary N) is 1. The monoisotopic (exact) mass is 335 g/mol. The predicted octanol–water partition coefficient (Wildman–Crippen LogP) is 3.55. The normalized spacial score (nSPS) is 11.7. The van der Waals surface area contributed by atoms with Crippen LogP contribution in [-0.4, -0.2) is 23.7 Å². The molecule has 1 amide bonds. The molecule has 0 radical (unpaired) electrons. The second kappa shape index (κ2) is 8.60. The first kappa shape index (κ1) is 16.6. The van der Waals surface area contributed by atoms with Gasteiger partial charge in [0.1, 0.15) is 0 Å². The van der Waals surface area contributed by atoms with Crippen LogP contribution in [0.1, 0.15) is 11.8 Å². The zero-order valence-electron chi connectivity index (χ0n) is 12.2. The zero-order chi connectivity index (χ0) is 15.8. The number of hydrogen-bond acceptors (Lipinski definition) is 5. The molecule has 0 spiro atoms. The Morgan fingerprint density at radius 1 is 1.23 bits per heavy atom. The minimum Gasteiger partial charge on any atom is -0.452 e. The van der Waals surface area contributed by atoms with Crippen LogP contribution in [0.4, 0.5) is 5.69 Å². The second-order valence-corrected chi connectivity index (χ2v) is 6.58. The van der Waals surface area contributed by atoms with Gasteiger partial charge in [0.05, 0.1) is 5.75 Å². The first-order chi connectivity index (χ1) is 10.6. The van der Waals surface area contributed by atoms with E-state index in [1.807, 2.05) is 35.7 Å². The summed E-state index contributed by atoms with van der Waals surface area (Å²) >= 11 is 3.14. The van der Waals surface area contributed by atoms with Crippen LogP contribution in [0.15, 0.2) is 47.8 Å². The highest BCUT2D eigenvalue weighted by Crippen LogP contribution is 2.17. The van der Waals surface area contributed by atoms with E-state index in [0.717, 1.165) is 5.75 Å². The summed E-state index contributed by atoms with van der Waals surface area (Å²) in [5.41, 5.74) is 0.683. The predicted molar refractivity (Wildman–Crippen MR) is 91.1 cm³/mol. The second-order valence-electron chi connectivity index (χ2n) is 4.56. The van der Waals surface area contributed by atoms with E-state index < -0.39 is 6.10 Å². The molecule has 0 unspecified atom stereocenters. The van der Waals surface area contributed by atoms with E-state index in [9.17, 15) is 9.59 Å². The van der Waals surface area contributed by atoms with Crippen molar-refractivity contribution in [3.05, 3.63) is 52.7 Å². The Morgan fingerprint density at radius 2 is 2.00 bits per heavy atom. The molecule has 0 saturated carbocycles. The van der Waals surface area contributed by atoms with Gasteiger partial charge in [0.2, 0.25) is 0 Å². The molecule has 0 aliphatic rings. The summed E-state index contributed by atoms with van der Waals surface area (Å²) in [6.07, 6.45) is -0.810. The number of esters is 1. The third kappa shape index (κ3) is 5.54. The van der Waals surface area contributed by atoms with Gasteiger partial charge >= 0.3 is 5.97 Å². The van der Waals surface area contributed by atoms with Crippen LogP contribution in [0.2, 0.25) is 0 Å². The van der Waals surface area contributed by atoms with Gasteiger partial charge in [-0.15, -0.1) is 23.1 Å². The summed E-state index contributed by atoms with van der Waals surface area (Å²) in [5, 5.41) is 4.71. The summed E-state index contributed by atoms with van der Waals surface area (Å²) < 4.78 is 5.14. The number of rotatable bonds is 7. The Balaban J connectivity index is 1.70. The van der Waals surface area contributed by atoms with Crippen molar-refractivity contribution in [2.45, 2.75) is 18.8 Å². The maximum atomic E-state index is 11.9. The Hall–Kier alpha value is -1.79. The number of para-hydroxylation sites is 1. The molecule has 1 atom stereocenters. The van der Waals surface area contributed by atoms with Gasteiger partial charge in [-0.2, -0.15) is 0 Å². The van der Waals surface area contributed by atoms with Crippen LogP contribution in [0.3, 0.4) is 0 Å². The molecule has 0 fully saturated rings. The van der Waals surface area contributed by atoms with Gasteiger partial charge in [-0.3, -0.25) is 9.59 Å². The van der Waals surface area contributed by atoms with E-state index in [1.165, 1.54) is 16.6 Å². The fourth-order valence-corrected chi connectivity index (χ4v) is 3.33. The molecule has 1 heterocycles. The van der Waals surface area contributed by atoms with Crippen LogP contribution < -0.4 is 5.32 Å². The maximum Gasteiger partial charge on any atom is 0.316 e. The minimum absolute atomic E-state index is 0.237. The molecule has 2 aromatic rings. The number of carbonyl (C=O) groups excluding carboxylic acids is 2. The van der Waals surface area contributed by atoms with Crippen molar-refractivity contribution in [3.63, 3.8) is 0 Å². The van der Waals surface area contributed by atoms with E-state index in [4.69, 9.17) is 4.74 Å². The molecule has 6 heteroatoms. The van der Waals surface area contributed by atoms with Crippen LogP contribution in [0.5, 0.6) is 0 Å². The highest BCUT2D eigenvalue weighted by molar-refractivity contribution is 7.99. The fourth-order valence-electron chi connectivity index (χ4n) is 1.68. The van der Waals surface area contributed by atoms with Crippen LogP contribution >= 0.6 is 23.1 Å². The standard InChI is InChI=1S/C16H17NO3S2/c1-12(16(19)17-13-6-3-2-4-7-13)20-15(18)11-21-10-14-8-5-9-22-14/h2-9,12H,10-11H2,1H3,(H,17,19)/t12-/m0/s1. The van der Waals surface area contributed by atoms with Crippen molar-refractivity contribution in [1.29, 1.82) is 0 Å². The average Bonchev–Trinajstić information content (AvgIpc) is 3.01. The first-order valence-electron chi connectivity index (χ1n) is 6.80. The van der Waals surface area contributed by atoms with Crippen molar-refractivity contribution >= 4 is 40.7 Å². The zero-order valence-corrected chi connectivity index (χ0v) is 13.8. The number of hydrogen-bond donors (Lipinski definition) is 1. The van der Waals surface area contributed by atoms with Crippen LogP contribution in [-0.2, 0) is 20.1 Å². The quantitative estimate of drug-likeness (QED) is 0.786. The van der Waals surface area contributed by atoms with E-state index in [1.54, 1.807) is 30.4 Å². The molecule has 1 aromatic heterocycles. The highest BCUT2D eigenvalue weighted by Gasteiger charge is 2.17. The number of thioether (sulfide) groups is 1. The van der Waals surface area contributed by atoms with Gasteiger partial charge in [0.25, 0.3) is 5.91 Å². The molecule has 116 valence electrons. The SMILES string of the molecule is C[C@H](OC(=O)CSCc1cccs1)C(=O)Nc1ccccc1. The summed E-state index contributed by atoms with van der Waals surface area (Å²) in [5.74, 6) is 0.304. The molecule has 4 nitrogen and oxygen atoms in total. The Bertz CT molecular complexity index is 599. The molecule has 2 rings (SSSR count). The van der Waals surface area contributed by atoms with Gasteiger partial charge < -0.3 is 10.1 Å². The lowest BCUT2D eigenvalue weighted by Crippen LogP contribution is -2.30. The lowest BCUT2D eigenvalue weighted by molar-refractivity contribution is -0.150. The van der Waals surface area contributed by atoms with Crippen molar-refractivity contribution in [2.24, 2.45) is 0 Å².